The van der Waals surface area contributed by atoms with Crippen molar-refractivity contribution in [1.82, 2.24) is 0 Å². The van der Waals surface area contributed by atoms with Crippen LogP contribution in [0.4, 0.5) is 0 Å². The van der Waals surface area contributed by atoms with E-state index >= 15 is 0 Å². The van der Waals surface area contributed by atoms with Gasteiger partial charge in [0, 0.05) is 12.0 Å². The Morgan fingerprint density at radius 3 is 2.79 bits per heavy atom. The third-order valence-corrected chi connectivity index (χ3v) is 2.21. The minimum atomic E-state index is -0.442. The van der Waals surface area contributed by atoms with E-state index in [1.165, 1.54) is 0 Å². The van der Waals surface area contributed by atoms with Crippen molar-refractivity contribution >= 4 is 11.9 Å². The van der Waals surface area contributed by atoms with Gasteiger partial charge >= 0.3 is 11.9 Å². The van der Waals surface area contributed by atoms with E-state index in [2.05, 4.69) is 4.74 Å². The van der Waals surface area contributed by atoms with Crippen LogP contribution >= 0.6 is 0 Å². The molecule has 3 nitrogen and oxygen atoms in total. The predicted octanol–water partition coefficient (Wildman–Crippen LogP) is 2.36. The molecule has 0 bridgehead atoms. The van der Waals surface area contributed by atoms with Gasteiger partial charge in [-0.3, -0.25) is 4.79 Å². The molecule has 0 saturated heterocycles. The zero-order valence-corrected chi connectivity index (χ0v) is 8.54. The van der Waals surface area contributed by atoms with Gasteiger partial charge in [-0.1, -0.05) is 13.0 Å². The largest absolute Gasteiger partial charge is 0.390 e. The van der Waals surface area contributed by atoms with Crippen LogP contribution in [0.15, 0.2) is 11.6 Å². The van der Waals surface area contributed by atoms with Crippen LogP contribution in [0, 0.1) is 0 Å². The molecule has 14 heavy (non-hydrogen) atoms. The molecule has 1 aliphatic rings. The van der Waals surface area contributed by atoms with Gasteiger partial charge < -0.3 is 4.74 Å². The number of esters is 2. The summed E-state index contributed by atoms with van der Waals surface area (Å²) in [6.07, 6.45) is 6.72. The number of carbonyl (C=O) groups is 2. The summed E-state index contributed by atoms with van der Waals surface area (Å²) in [6.45, 7) is 1.88. The van der Waals surface area contributed by atoms with E-state index in [9.17, 15) is 9.59 Å². The summed E-state index contributed by atoms with van der Waals surface area (Å²) in [5, 5.41) is 0. The second-order valence-electron chi connectivity index (χ2n) is 3.49. The lowest BCUT2D eigenvalue weighted by atomic mass is 10.00. The van der Waals surface area contributed by atoms with Crippen molar-refractivity contribution in [2.75, 3.05) is 0 Å². The maximum Gasteiger partial charge on any atom is 0.341 e. The summed E-state index contributed by atoms with van der Waals surface area (Å²) in [5.74, 6) is -0.855. The van der Waals surface area contributed by atoms with E-state index < -0.39 is 11.9 Å². The smallest absolute Gasteiger partial charge is 0.341 e. The van der Waals surface area contributed by atoms with E-state index in [0.717, 1.165) is 25.7 Å². The standard InChI is InChI=1S/C11H16O3/c1-2-6-10(12)14-11(13)9-7-4-3-5-8-9/h7H,2-6,8H2,1H3. The second kappa shape index (κ2) is 5.58. The summed E-state index contributed by atoms with van der Waals surface area (Å²) in [6, 6.07) is 0. The Bertz CT molecular complexity index is 253. The minimum Gasteiger partial charge on any atom is -0.390 e. The summed E-state index contributed by atoms with van der Waals surface area (Å²) >= 11 is 0. The predicted molar refractivity (Wildman–Crippen MR) is 52.6 cm³/mol. The third kappa shape index (κ3) is 3.32. The molecule has 0 atom stereocenters. The van der Waals surface area contributed by atoms with Gasteiger partial charge in [0.25, 0.3) is 0 Å². The van der Waals surface area contributed by atoms with Crippen LogP contribution in [0.1, 0.15) is 45.4 Å². The quantitative estimate of drug-likeness (QED) is 0.514. The van der Waals surface area contributed by atoms with E-state index in [1.54, 1.807) is 0 Å². The minimum absolute atomic E-state index is 0.318. The van der Waals surface area contributed by atoms with Crippen molar-refractivity contribution in [2.45, 2.75) is 45.4 Å². The number of ether oxygens (including phenoxy) is 1. The van der Waals surface area contributed by atoms with Crippen LogP contribution in [0.3, 0.4) is 0 Å². The average molecular weight is 196 g/mol. The molecule has 0 aromatic carbocycles. The first-order chi connectivity index (χ1) is 6.74. The Morgan fingerprint density at radius 2 is 2.21 bits per heavy atom. The van der Waals surface area contributed by atoms with Gasteiger partial charge in [-0.15, -0.1) is 0 Å². The molecule has 78 valence electrons. The molecular weight excluding hydrogens is 180 g/mol. The molecule has 0 aromatic heterocycles. The first-order valence-electron chi connectivity index (χ1n) is 5.18. The molecule has 1 rings (SSSR count). The van der Waals surface area contributed by atoms with Crippen LogP contribution in [-0.4, -0.2) is 11.9 Å². The Kier molecular flexibility index (Phi) is 4.36. The number of hydrogen-bond acceptors (Lipinski definition) is 3. The van der Waals surface area contributed by atoms with Crippen molar-refractivity contribution in [3.05, 3.63) is 11.6 Å². The molecule has 0 fully saturated rings. The van der Waals surface area contributed by atoms with Gasteiger partial charge in [0.1, 0.15) is 0 Å². The molecule has 0 aromatic rings. The van der Waals surface area contributed by atoms with Gasteiger partial charge in [0.2, 0.25) is 0 Å². The molecule has 0 heterocycles. The van der Waals surface area contributed by atoms with Crippen LogP contribution in [0.2, 0.25) is 0 Å². The lowest BCUT2D eigenvalue weighted by Gasteiger charge is -2.10. The van der Waals surface area contributed by atoms with Crippen molar-refractivity contribution in [2.24, 2.45) is 0 Å². The topological polar surface area (TPSA) is 43.4 Å². The van der Waals surface area contributed by atoms with E-state index in [4.69, 9.17) is 0 Å². The van der Waals surface area contributed by atoms with Gasteiger partial charge in [0.15, 0.2) is 0 Å². The highest BCUT2D eigenvalue weighted by molar-refractivity contribution is 5.96. The fourth-order valence-electron chi connectivity index (χ4n) is 1.45. The van der Waals surface area contributed by atoms with Crippen LogP contribution in [0.5, 0.6) is 0 Å². The second-order valence-corrected chi connectivity index (χ2v) is 3.49. The zero-order chi connectivity index (χ0) is 10.4. The summed E-state index contributed by atoms with van der Waals surface area (Å²) in [5.41, 5.74) is 0.667. The first-order valence-corrected chi connectivity index (χ1v) is 5.18. The Morgan fingerprint density at radius 1 is 1.43 bits per heavy atom. The van der Waals surface area contributed by atoms with Crippen LogP contribution < -0.4 is 0 Å². The maximum atomic E-state index is 11.4. The number of allylic oxidation sites excluding steroid dienone is 1. The molecule has 0 saturated carbocycles. The summed E-state index contributed by atoms with van der Waals surface area (Å²) in [7, 11) is 0. The maximum absolute atomic E-state index is 11.4. The molecule has 0 amide bonds. The van der Waals surface area contributed by atoms with E-state index in [0.29, 0.717) is 18.4 Å². The molecule has 0 aliphatic heterocycles. The number of carbonyl (C=O) groups excluding carboxylic acids is 2. The molecule has 0 radical (unpaired) electrons. The summed E-state index contributed by atoms with van der Waals surface area (Å²) < 4.78 is 4.68. The normalized spacial score (nSPS) is 15.9. The van der Waals surface area contributed by atoms with Gasteiger partial charge in [-0.25, -0.2) is 4.79 Å². The fraction of sp³-hybridized carbons (Fsp3) is 0.636. The highest BCUT2D eigenvalue weighted by atomic mass is 16.6. The van der Waals surface area contributed by atoms with Gasteiger partial charge in [-0.05, 0) is 32.1 Å². The molecule has 3 heteroatoms. The molecule has 1 aliphatic carbocycles. The fourth-order valence-corrected chi connectivity index (χ4v) is 1.45. The Balaban J connectivity index is 2.41. The molecule has 0 N–H and O–H groups in total. The lowest BCUT2D eigenvalue weighted by Crippen LogP contribution is -2.15. The number of rotatable bonds is 3. The third-order valence-electron chi connectivity index (χ3n) is 2.21. The number of hydrogen-bond donors (Lipinski definition) is 0. The molecule has 0 spiro atoms. The van der Waals surface area contributed by atoms with Gasteiger partial charge in [-0.2, -0.15) is 0 Å². The average Bonchev–Trinajstić information content (AvgIpc) is 2.19. The Hall–Kier alpha value is -1.12. The SMILES string of the molecule is CCCC(=O)OC(=O)C1=CCCCC1. The highest BCUT2D eigenvalue weighted by Gasteiger charge is 2.16. The van der Waals surface area contributed by atoms with E-state index in [1.807, 2.05) is 13.0 Å². The highest BCUT2D eigenvalue weighted by Crippen LogP contribution is 2.18. The van der Waals surface area contributed by atoms with Crippen LogP contribution in [0.25, 0.3) is 0 Å². The van der Waals surface area contributed by atoms with Crippen molar-refractivity contribution in [1.29, 1.82) is 0 Å². The van der Waals surface area contributed by atoms with Crippen LogP contribution in [-0.2, 0) is 14.3 Å². The van der Waals surface area contributed by atoms with Gasteiger partial charge in [0.05, 0.1) is 0 Å². The van der Waals surface area contributed by atoms with Crippen molar-refractivity contribution in [3.8, 4) is 0 Å². The van der Waals surface area contributed by atoms with Crippen molar-refractivity contribution < 1.29 is 14.3 Å². The monoisotopic (exact) mass is 196 g/mol. The van der Waals surface area contributed by atoms with Crippen molar-refractivity contribution in [3.63, 3.8) is 0 Å². The summed E-state index contributed by atoms with van der Waals surface area (Å²) in [4.78, 5) is 22.4. The first kappa shape index (κ1) is 11.0. The molecule has 0 unspecified atom stereocenters. The zero-order valence-electron chi connectivity index (χ0n) is 8.54. The lowest BCUT2D eigenvalue weighted by molar-refractivity contribution is -0.157. The Labute approximate surface area is 84.1 Å². The molecular formula is C11H16O3. The van der Waals surface area contributed by atoms with E-state index in [-0.39, 0.29) is 0 Å².